The highest BCUT2D eigenvalue weighted by Crippen LogP contribution is 2.15. The van der Waals surface area contributed by atoms with E-state index in [9.17, 15) is 4.79 Å². The SMILES string of the molecule is Cc1nc(C(=O)NCCOCc2ccccc2)c(C)s1. The van der Waals surface area contributed by atoms with E-state index in [0.29, 0.717) is 25.5 Å². The number of amides is 1. The molecule has 0 fully saturated rings. The molecule has 1 aromatic carbocycles. The summed E-state index contributed by atoms with van der Waals surface area (Å²) < 4.78 is 5.51. The van der Waals surface area contributed by atoms with Gasteiger partial charge < -0.3 is 10.1 Å². The molecule has 20 heavy (non-hydrogen) atoms. The van der Waals surface area contributed by atoms with E-state index in [4.69, 9.17) is 4.74 Å². The minimum Gasteiger partial charge on any atom is -0.375 e. The number of hydrogen-bond donors (Lipinski definition) is 1. The minimum absolute atomic E-state index is 0.129. The number of ether oxygens (including phenoxy) is 1. The third kappa shape index (κ3) is 4.15. The van der Waals surface area contributed by atoms with E-state index in [2.05, 4.69) is 10.3 Å². The van der Waals surface area contributed by atoms with Crippen molar-refractivity contribution < 1.29 is 9.53 Å². The molecule has 2 rings (SSSR count). The summed E-state index contributed by atoms with van der Waals surface area (Å²) in [7, 11) is 0. The molecule has 1 aromatic heterocycles. The van der Waals surface area contributed by atoms with Crippen molar-refractivity contribution in [3.8, 4) is 0 Å². The molecule has 4 nitrogen and oxygen atoms in total. The van der Waals surface area contributed by atoms with Crippen LogP contribution in [-0.2, 0) is 11.3 Å². The third-order valence-electron chi connectivity index (χ3n) is 2.76. The van der Waals surface area contributed by atoms with Gasteiger partial charge in [-0.05, 0) is 19.4 Å². The Morgan fingerprint density at radius 1 is 1.30 bits per heavy atom. The van der Waals surface area contributed by atoms with Crippen molar-refractivity contribution in [1.29, 1.82) is 0 Å². The van der Waals surface area contributed by atoms with E-state index >= 15 is 0 Å². The molecule has 0 saturated heterocycles. The highest BCUT2D eigenvalue weighted by molar-refractivity contribution is 7.11. The maximum Gasteiger partial charge on any atom is 0.271 e. The van der Waals surface area contributed by atoms with Crippen LogP contribution in [-0.4, -0.2) is 24.0 Å². The van der Waals surface area contributed by atoms with Gasteiger partial charge >= 0.3 is 0 Å². The number of thiazole rings is 1. The Labute approximate surface area is 122 Å². The summed E-state index contributed by atoms with van der Waals surface area (Å²) in [6.07, 6.45) is 0. The molecule has 0 aliphatic heterocycles. The monoisotopic (exact) mass is 290 g/mol. The molecule has 1 amide bonds. The lowest BCUT2D eigenvalue weighted by molar-refractivity contribution is 0.0896. The lowest BCUT2D eigenvalue weighted by Crippen LogP contribution is -2.28. The van der Waals surface area contributed by atoms with E-state index in [-0.39, 0.29) is 5.91 Å². The van der Waals surface area contributed by atoms with Gasteiger partial charge in [0.1, 0.15) is 5.69 Å². The zero-order valence-electron chi connectivity index (χ0n) is 11.7. The van der Waals surface area contributed by atoms with Crippen LogP contribution < -0.4 is 5.32 Å². The van der Waals surface area contributed by atoms with Crippen LogP contribution in [0.3, 0.4) is 0 Å². The molecule has 1 heterocycles. The molecule has 0 atom stereocenters. The van der Waals surface area contributed by atoms with Gasteiger partial charge in [0.25, 0.3) is 5.91 Å². The van der Waals surface area contributed by atoms with Gasteiger partial charge in [0.15, 0.2) is 0 Å². The fourth-order valence-electron chi connectivity index (χ4n) is 1.82. The number of hydrogen-bond acceptors (Lipinski definition) is 4. The van der Waals surface area contributed by atoms with Crippen molar-refractivity contribution in [3.05, 3.63) is 51.5 Å². The summed E-state index contributed by atoms with van der Waals surface area (Å²) in [5.74, 6) is -0.129. The molecular weight excluding hydrogens is 272 g/mol. The second-order valence-corrected chi connectivity index (χ2v) is 5.84. The highest BCUT2D eigenvalue weighted by atomic mass is 32.1. The lowest BCUT2D eigenvalue weighted by atomic mass is 10.2. The number of nitrogens with zero attached hydrogens (tertiary/aromatic N) is 1. The first-order valence-electron chi connectivity index (χ1n) is 6.50. The molecule has 5 heteroatoms. The number of carbonyl (C=O) groups is 1. The summed E-state index contributed by atoms with van der Waals surface area (Å²) in [6.45, 7) is 5.35. The molecule has 0 aliphatic rings. The first kappa shape index (κ1) is 14.7. The lowest BCUT2D eigenvalue weighted by Gasteiger charge is -2.06. The second-order valence-electron chi connectivity index (χ2n) is 4.43. The maximum absolute atomic E-state index is 11.9. The standard InChI is InChI=1S/C15H18N2O2S/c1-11-14(17-12(2)20-11)15(18)16-8-9-19-10-13-6-4-3-5-7-13/h3-7H,8-10H2,1-2H3,(H,16,18). The summed E-state index contributed by atoms with van der Waals surface area (Å²) in [4.78, 5) is 17.1. The van der Waals surface area contributed by atoms with E-state index in [1.54, 1.807) is 0 Å². The van der Waals surface area contributed by atoms with Crippen molar-refractivity contribution in [2.75, 3.05) is 13.2 Å². The van der Waals surface area contributed by atoms with E-state index in [1.807, 2.05) is 44.2 Å². The van der Waals surface area contributed by atoms with Crippen LogP contribution in [0.2, 0.25) is 0 Å². The van der Waals surface area contributed by atoms with E-state index in [1.165, 1.54) is 11.3 Å². The molecule has 0 spiro atoms. The van der Waals surface area contributed by atoms with E-state index in [0.717, 1.165) is 15.4 Å². The molecule has 0 saturated carbocycles. The minimum atomic E-state index is -0.129. The zero-order valence-corrected chi connectivity index (χ0v) is 12.5. The Morgan fingerprint density at radius 3 is 2.70 bits per heavy atom. The second kappa shape index (κ2) is 7.17. The molecule has 106 valence electrons. The Balaban J connectivity index is 1.68. The number of aromatic nitrogens is 1. The highest BCUT2D eigenvalue weighted by Gasteiger charge is 2.12. The van der Waals surface area contributed by atoms with Crippen LogP contribution >= 0.6 is 11.3 Å². The van der Waals surface area contributed by atoms with Crippen LogP contribution in [0.5, 0.6) is 0 Å². The predicted octanol–water partition coefficient (Wildman–Crippen LogP) is 2.71. The van der Waals surface area contributed by atoms with Gasteiger partial charge in [-0.3, -0.25) is 4.79 Å². The number of carbonyl (C=O) groups excluding carboxylic acids is 1. The molecule has 0 aliphatic carbocycles. The van der Waals surface area contributed by atoms with Crippen molar-refractivity contribution in [3.63, 3.8) is 0 Å². The first-order valence-corrected chi connectivity index (χ1v) is 7.32. The van der Waals surface area contributed by atoms with Crippen molar-refractivity contribution in [2.24, 2.45) is 0 Å². The molecule has 0 unspecified atom stereocenters. The summed E-state index contributed by atoms with van der Waals surface area (Å²) >= 11 is 1.54. The zero-order chi connectivity index (χ0) is 14.4. The Hall–Kier alpha value is -1.72. The maximum atomic E-state index is 11.9. The van der Waals surface area contributed by atoms with Gasteiger partial charge in [0.05, 0.1) is 18.2 Å². The summed E-state index contributed by atoms with van der Waals surface area (Å²) in [5, 5.41) is 3.73. The van der Waals surface area contributed by atoms with Gasteiger partial charge in [-0.2, -0.15) is 0 Å². The fraction of sp³-hybridized carbons (Fsp3) is 0.333. The van der Waals surface area contributed by atoms with Crippen LogP contribution in [0.1, 0.15) is 25.9 Å². The Bertz CT molecular complexity index is 567. The largest absolute Gasteiger partial charge is 0.375 e. The van der Waals surface area contributed by atoms with Crippen molar-refractivity contribution >= 4 is 17.2 Å². The Kier molecular flexibility index (Phi) is 5.26. The van der Waals surface area contributed by atoms with Gasteiger partial charge in [-0.15, -0.1) is 11.3 Å². The van der Waals surface area contributed by atoms with Gasteiger partial charge in [-0.1, -0.05) is 30.3 Å². The molecular formula is C15H18N2O2S. The summed E-state index contributed by atoms with van der Waals surface area (Å²) in [6, 6.07) is 9.96. The average Bonchev–Trinajstić information content (AvgIpc) is 2.78. The fourth-order valence-corrected chi connectivity index (χ4v) is 2.64. The van der Waals surface area contributed by atoms with Crippen molar-refractivity contribution in [2.45, 2.75) is 20.5 Å². The number of benzene rings is 1. The van der Waals surface area contributed by atoms with Crippen LogP contribution in [0, 0.1) is 13.8 Å². The first-order chi connectivity index (χ1) is 9.66. The van der Waals surface area contributed by atoms with Gasteiger partial charge in [0.2, 0.25) is 0 Å². The van der Waals surface area contributed by atoms with Gasteiger partial charge in [-0.25, -0.2) is 4.98 Å². The topological polar surface area (TPSA) is 51.2 Å². The number of aryl methyl sites for hydroxylation is 2. The smallest absolute Gasteiger partial charge is 0.271 e. The predicted molar refractivity (Wildman–Crippen MR) is 80.0 cm³/mol. The van der Waals surface area contributed by atoms with Crippen molar-refractivity contribution in [1.82, 2.24) is 10.3 Å². The average molecular weight is 290 g/mol. The molecule has 1 N–H and O–H groups in total. The molecule has 2 aromatic rings. The summed E-state index contributed by atoms with van der Waals surface area (Å²) in [5.41, 5.74) is 1.65. The number of rotatable bonds is 6. The Morgan fingerprint density at radius 2 is 2.05 bits per heavy atom. The number of nitrogens with one attached hydrogen (secondary N) is 1. The quantitative estimate of drug-likeness (QED) is 0.832. The molecule has 0 bridgehead atoms. The van der Waals surface area contributed by atoms with E-state index < -0.39 is 0 Å². The molecule has 0 radical (unpaired) electrons. The third-order valence-corrected chi connectivity index (χ3v) is 3.65. The van der Waals surface area contributed by atoms with Crippen LogP contribution in [0.15, 0.2) is 30.3 Å². The van der Waals surface area contributed by atoms with Crippen LogP contribution in [0.25, 0.3) is 0 Å². The van der Waals surface area contributed by atoms with Crippen LogP contribution in [0.4, 0.5) is 0 Å². The van der Waals surface area contributed by atoms with Gasteiger partial charge in [0, 0.05) is 11.4 Å². The normalized spacial score (nSPS) is 10.5.